The number of fused-ring (bicyclic) bond motifs is 1. The lowest BCUT2D eigenvalue weighted by molar-refractivity contribution is -0.153. The van der Waals surface area contributed by atoms with Crippen LogP contribution in [0.15, 0.2) is 23.3 Å². The number of carbonyl (C=O) groups excluding carboxylic acids is 1. The normalized spacial score (nSPS) is 45.3. The number of rotatable bonds is 3. The minimum Gasteiger partial charge on any atom is -0.469 e. The van der Waals surface area contributed by atoms with Gasteiger partial charge < -0.3 is 9.16 Å². The van der Waals surface area contributed by atoms with E-state index in [1.165, 1.54) is 18.3 Å². The molecular weight excluding hydrogens is 388 g/mol. The highest BCUT2D eigenvalue weighted by Gasteiger charge is 2.67. The van der Waals surface area contributed by atoms with Crippen LogP contribution in [0.3, 0.4) is 0 Å². The number of hydrogen-bond donors (Lipinski definition) is 0. The Balaban J connectivity index is 2.26. The minimum atomic E-state index is -1.99. The van der Waals surface area contributed by atoms with Gasteiger partial charge in [-0.05, 0) is 55.7 Å². The van der Waals surface area contributed by atoms with E-state index in [0.29, 0.717) is 17.8 Å². The third kappa shape index (κ3) is 3.11. The van der Waals surface area contributed by atoms with Crippen molar-refractivity contribution in [3.63, 3.8) is 0 Å². The smallest absolute Gasteiger partial charge is 0.310 e. The first-order valence-electron chi connectivity index (χ1n) is 11.7. The third-order valence-corrected chi connectivity index (χ3v) is 14.1. The first-order valence-corrected chi connectivity index (χ1v) is 14.6. The summed E-state index contributed by atoms with van der Waals surface area (Å²) in [5.74, 6) is 1.02. The van der Waals surface area contributed by atoms with E-state index in [1.54, 1.807) is 0 Å². The van der Waals surface area contributed by atoms with Crippen LogP contribution < -0.4 is 0 Å². The molecule has 0 amide bonds. The van der Waals surface area contributed by atoms with Gasteiger partial charge in [-0.1, -0.05) is 71.8 Å². The maximum Gasteiger partial charge on any atom is 0.310 e. The second-order valence-electron chi connectivity index (χ2n) is 12.4. The number of methoxy groups -OCH3 is 1. The highest BCUT2D eigenvalue weighted by atomic mass is 28.4. The molecule has 3 nitrogen and oxygen atoms in total. The molecule has 1 saturated carbocycles. The molecule has 0 aromatic heterocycles. The largest absolute Gasteiger partial charge is 0.469 e. The number of carbonyl (C=O) groups is 1. The number of esters is 1. The van der Waals surface area contributed by atoms with E-state index in [9.17, 15) is 4.79 Å². The van der Waals surface area contributed by atoms with Crippen molar-refractivity contribution < 1.29 is 14.0 Å². The van der Waals surface area contributed by atoms with Crippen LogP contribution in [-0.4, -0.2) is 27.5 Å². The van der Waals surface area contributed by atoms with Crippen molar-refractivity contribution in [1.29, 1.82) is 0 Å². The Hall–Kier alpha value is -0.873. The van der Waals surface area contributed by atoms with E-state index in [1.807, 2.05) is 0 Å². The minimum absolute atomic E-state index is 0.0468. The zero-order chi connectivity index (χ0) is 23.0. The summed E-state index contributed by atoms with van der Waals surface area (Å²) in [6.45, 7) is 25.6. The SMILES string of the molecule is COC(=O)C1C2C3C(C)=C[C@]1(C)/C=C(/C)[C@H](C)[C@]3(C)[C@H](O[Si](C)(C)C(C)(C)C)[C@H]2C. The van der Waals surface area contributed by atoms with Crippen molar-refractivity contribution in [3.8, 4) is 0 Å². The fourth-order valence-corrected chi connectivity index (χ4v) is 8.52. The molecule has 0 saturated heterocycles. The summed E-state index contributed by atoms with van der Waals surface area (Å²) < 4.78 is 12.6. The van der Waals surface area contributed by atoms with Crippen LogP contribution in [0.1, 0.15) is 62.3 Å². The molecule has 0 radical (unpaired) electrons. The maximum atomic E-state index is 13.2. The van der Waals surface area contributed by atoms with Crippen LogP contribution in [0.2, 0.25) is 18.1 Å². The highest BCUT2D eigenvalue weighted by molar-refractivity contribution is 6.74. The van der Waals surface area contributed by atoms with E-state index >= 15 is 0 Å². The van der Waals surface area contributed by atoms with E-state index < -0.39 is 8.32 Å². The van der Waals surface area contributed by atoms with Gasteiger partial charge in [0.05, 0.1) is 19.1 Å². The average molecular weight is 433 g/mol. The summed E-state index contributed by atoms with van der Waals surface area (Å²) >= 11 is 0. The average Bonchev–Trinajstić information content (AvgIpc) is 2.81. The van der Waals surface area contributed by atoms with E-state index in [2.05, 4.69) is 87.6 Å². The van der Waals surface area contributed by atoms with Crippen LogP contribution >= 0.6 is 0 Å². The molecular formula is C26H44O3Si. The van der Waals surface area contributed by atoms with Gasteiger partial charge in [0.2, 0.25) is 0 Å². The lowest BCUT2D eigenvalue weighted by atomic mass is 9.52. The van der Waals surface area contributed by atoms with Gasteiger partial charge in [-0.3, -0.25) is 4.79 Å². The van der Waals surface area contributed by atoms with Crippen molar-refractivity contribution in [2.75, 3.05) is 7.11 Å². The predicted molar refractivity (Wildman–Crippen MR) is 127 cm³/mol. The number of hydrogen-bond acceptors (Lipinski definition) is 3. The molecule has 0 heterocycles. The first-order chi connectivity index (χ1) is 13.5. The molecule has 4 bridgehead atoms. The fraction of sp³-hybridized carbons (Fsp3) is 0.808. The summed E-state index contributed by atoms with van der Waals surface area (Å²) in [5, 5.41) is 0.150. The lowest BCUT2D eigenvalue weighted by Crippen LogP contribution is -2.52. The molecule has 0 spiro atoms. The Morgan fingerprint density at radius 1 is 1.07 bits per heavy atom. The monoisotopic (exact) mass is 432 g/mol. The lowest BCUT2D eigenvalue weighted by Gasteiger charge is -2.52. The Morgan fingerprint density at radius 2 is 1.60 bits per heavy atom. The summed E-state index contributed by atoms with van der Waals surface area (Å²) in [6, 6.07) is 0. The van der Waals surface area contributed by atoms with Gasteiger partial charge in [-0.25, -0.2) is 0 Å². The molecule has 1 fully saturated rings. The molecule has 30 heavy (non-hydrogen) atoms. The van der Waals surface area contributed by atoms with Gasteiger partial charge in [-0.15, -0.1) is 0 Å². The topological polar surface area (TPSA) is 35.5 Å². The molecule has 4 heteroatoms. The van der Waals surface area contributed by atoms with Crippen molar-refractivity contribution in [3.05, 3.63) is 23.3 Å². The van der Waals surface area contributed by atoms with Crippen LogP contribution in [0, 0.1) is 40.4 Å². The zero-order valence-corrected chi connectivity index (χ0v) is 22.3. The van der Waals surface area contributed by atoms with Gasteiger partial charge in [0.1, 0.15) is 0 Å². The van der Waals surface area contributed by atoms with Crippen LogP contribution in [-0.2, 0) is 14.0 Å². The Morgan fingerprint density at radius 3 is 2.10 bits per heavy atom. The van der Waals surface area contributed by atoms with Crippen LogP contribution in [0.4, 0.5) is 0 Å². The molecule has 0 aromatic rings. The summed E-state index contributed by atoms with van der Waals surface area (Å²) in [7, 11) is -0.447. The molecule has 0 aromatic carbocycles. The van der Waals surface area contributed by atoms with Crippen LogP contribution in [0.5, 0.6) is 0 Å². The molecule has 0 N–H and O–H groups in total. The Labute approximate surface area is 185 Å². The molecule has 170 valence electrons. The second-order valence-corrected chi connectivity index (χ2v) is 17.2. The van der Waals surface area contributed by atoms with Crippen LogP contribution in [0.25, 0.3) is 0 Å². The maximum absolute atomic E-state index is 13.2. The van der Waals surface area contributed by atoms with E-state index in [4.69, 9.17) is 9.16 Å². The van der Waals surface area contributed by atoms with Gasteiger partial charge in [0.15, 0.2) is 8.32 Å². The highest BCUT2D eigenvalue weighted by Crippen LogP contribution is 2.68. The number of ether oxygens (including phenoxy) is 1. The van der Waals surface area contributed by atoms with Crippen molar-refractivity contribution in [1.82, 2.24) is 0 Å². The Kier molecular flexibility index (Phi) is 5.60. The van der Waals surface area contributed by atoms with E-state index in [-0.39, 0.29) is 39.8 Å². The van der Waals surface area contributed by atoms with Gasteiger partial charge in [0.25, 0.3) is 0 Å². The summed E-state index contributed by atoms with van der Waals surface area (Å²) in [6.07, 6.45) is 4.86. The number of allylic oxidation sites excluding steroid dienone is 4. The van der Waals surface area contributed by atoms with Gasteiger partial charge in [-0.2, -0.15) is 0 Å². The fourth-order valence-electron chi connectivity index (χ4n) is 7.06. The van der Waals surface area contributed by atoms with Gasteiger partial charge >= 0.3 is 5.97 Å². The molecule has 8 atom stereocenters. The molecule has 4 aliphatic carbocycles. The van der Waals surface area contributed by atoms with Crippen molar-refractivity contribution in [2.24, 2.45) is 40.4 Å². The third-order valence-electron chi connectivity index (χ3n) is 9.67. The standard InChI is InChI=1S/C26H44O3Si/c1-15-13-25(8)14-16(2)20-19(21(25)23(27)28-10)17(3)22(26(20,9)18(15)4)29-30(11,12)24(5,6)7/h13-14,17-22H,1-12H3/b15-13-/t17-,18-,19?,20?,21?,22+,25-,26-/m0/s1. The zero-order valence-electron chi connectivity index (χ0n) is 21.3. The molecule has 0 aliphatic heterocycles. The second kappa shape index (κ2) is 7.06. The quantitative estimate of drug-likeness (QED) is 0.286. The predicted octanol–water partition coefficient (Wildman–Crippen LogP) is 6.62. The Bertz CT molecular complexity index is 789. The van der Waals surface area contributed by atoms with Gasteiger partial charge in [0, 0.05) is 10.8 Å². The molecule has 3 unspecified atom stereocenters. The molecule has 4 rings (SSSR count). The van der Waals surface area contributed by atoms with Crippen molar-refractivity contribution >= 4 is 14.3 Å². The summed E-state index contributed by atoms with van der Waals surface area (Å²) in [5.41, 5.74) is 2.44. The summed E-state index contributed by atoms with van der Waals surface area (Å²) in [4.78, 5) is 13.2. The van der Waals surface area contributed by atoms with Crippen molar-refractivity contribution in [2.45, 2.75) is 86.5 Å². The van der Waals surface area contributed by atoms with E-state index in [0.717, 1.165) is 0 Å². The first kappa shape index (κ1) is 23.8. The molecule has 4 aliphatic rings.